The first-order valence-electron chi connectivity index (χ1n) is 6.46. The Hall–Kier alpha value is -2.77. The number of nitrogens with two attached hydrogens (primary N) is 1. The zero-order valence-corrected chi connectivity index (χ0v) is 11.7. The molecule has 2 heterocycles. The Bertz CT molecular complexity index is 790. The van der Waals surface area contributed by atoms with Crippen molar-refractivity contribution in [3.05, 3.63) is 35.9 Å². The van der Waals surface area contributed by atoms with Crippen molar-refractivity contribution in [3.63, 3.8) is 0 Å². The molecular weight excluding hydrogens is 273 g/mol. The number of nitrogens with zero attached hydrogens (tertiary/aromatic N) is 6. The Labute approximate surface area is 120 Å². The van der Waals surface area contributed by atoms with Gasteiger partial charge in [0, 0.05) is 12.7 Å². The van der Waals surface area contributed by atoms with Gasteiger partial charge in [-0.2, -0.15) is 9.78 Å². The van der Waals surface area contributed by atoms with Gasteiger partial charge in [0.05, 0.1) is 17.5 Å². The molecule has 21 heavy (non-hydrogen) atoms. The summed E-state index contributed by atoms with van der Waals surface area (Å²) < 4.78 is 17.3. The number of nitrogen functional groups attached to an aromatic ring is 1. The first-order valence-corrected chi connectivity index (χ1v) is 6.46. The molecule has 0 unspecified atom stereocenters. The number of hydrogen-bond donors (Lipinski definition) is 1. The summed E-state index contributed by atoms with van der Waals surface area (Å²) in [4.78, 5) is 0. The topological polar surface area (TPSA) is 87.4 Å². The molecule has 0 radical (unpaired) electrons. The molecule has 0 aliphatic heterocycles. The van der Waals surface area contributed by atoms with Crippen molar-refractivity contribution in [2.24, 2.45) is 7.05 Å². The maximum Gasteiger partial charge on any atom is 0.190 e. The summed E-state index contributed by atoms with van der Waals surface area (Å²) in [6.07, 6.45) is 2.52. The van der Waals surface area contributed by atoms with Crippen molar-refractivity contribution in [2.45, 2.75) is 13.3 Å². The van der Waals surface area contributed by atoms with E-state index < -0.39 is 5.82 Å². The van der Waals surface area contributed by atoms with Gasteiger partial charge in [0.15, 0.2) is 5.82 Å². The fourth-order valence-corrected chi connectivity index (χ4v) is 2.18. The molecule has 0 bridgehead atoms. The number of aryl methyl sites for hydroxylation is 2. The van der Waals surface area contributed by atoms with Gasteiger partial charge in [-0.25, -0.2) is 4.39 Å². The summed E-state index contributed by atoms with van der Waals surface area (Å²) in [6.45, 7) is 1.99. The van der Waals surface area contributed by atoms with Crippen molar-refractivity contribution in [2.75, 3.05) is 5.73 Å². The van der Waals surface area contributed by atoms with Gasteiger partial charge in [0.1, 0.15) is 11.5 Å². The van der Waals surface area contributed by atoms with Gasteiger partial charge < -0.3 is 5.73 Å². The lowest BCUT2D eigenvalue weighted by Crippen LogP contribution is -2.03. The number of tetrazole rings is 1. The number of halogens is 1. The number of rotatable bonds is 3. The molecule has 0 spiro atoms. The van der Waals surface area contributed by atoms with Crippen molar-refractivity contribution < 1.29 is 4.39 Å². The van der Waals surface area contributed by atoms with Gasteiger partial charge in [-0.15, -0.1) is 5.10 Å². The van der Waals surface area contributed by atoms with Crippen molar-refractivity contribution in [1.82, 2.24) is 30.0 Å². The van der Waals surface area contributed by atoms with E-state index in [9.17, 15) is 4.39 Å². The van der Waals surface area contributed by atoms with Gasteiger partial charge in [-0.05, 0) is 35.0 Å². The van der Waals surface area contributed by atoms with Gasteiger partial charge in [-0.3, -0.25) is 4.68 Å². The monoisotopic (exact) mass is 287 g/mol. The smallest absolute Gasteiger partial charge is 0.190 e. The fraction of sp³-hybridized carbons (Fsp3) is 0.231. The summed E-state index contributed by atoms with van der Waals surface area (Å²) >= 11 is 0. The zero-order chi connectivity index (χ0) is 15.0. The standard InChI is InChI=1S/C13H14FN7/c1-3-11-12(7-20(2)17-11)21-13(16-18-19-21)9-5-4-8(15)6-10(9)14/h4-7H,3,15H2,1-2H3. The Morgan fingerprint density at radius 3 is 2.86 bits per heavy atom. The highest BCUT2D eigenvalue weighted by molar-refractivity contribution is 5.61. The van der Waals surface area contributed by atoms with E-state index in [1.807, 2.05) is 14.0 Å². The highest BCUT2D eigenvalue weighted by Gasteiger charge is 2.18. The Balaban J connectivity index is 2.17. The number of benzene rings is 1. The molecule has 0 saturated carbocycles. The minimum absolute atomic E-state index is 0.292. The van der Waals surface area contributed by atoms with Crippen LogP contribution in [-0.2, 0) is 13.5 Å². The summed E-state index contributed by atoms with van der Waals surface area (Å²) in [5.74, 6) is -0.150. The minimum atomic E-state index is -0.465. The van der Waals surface area contributed by atoms with Gasteiger partial charge in [0.25, 0.3) is 0 Å². The molecule has 8 heteroatoms. The maximum atomic E-state index is 14.1. The third-order valence-corrected chi connectivity index (χ3v) is 3.15. The van der Waals surface area contributed by atoms with Gasteiger partial charge in [0.2, 0.25) is 0 Å². The maximum absolute atomic E-state index is 14.1. The summed E-state index contributed by atoms with van der Waals surface area (Å²) in [5, 5.41) is 15.9. The lowest BCUT2D eigenvalue weighted by molar-refractivity contribution is 0.629. The largest absolute Gasteiger partial charge is 0.399 e. The zero-order valence-electron chi connectivity index (χ0n) is 11.7. The molecule has 2 N–H and O–H groups in total. The van der Waals surface area contributed by atoms with Crippen molar-refractivity contribution >= 4 is 5.69 Å². The lowest BCUT2D eigenvalue weighted by atomic mass is 10.1. The van der Waals surface area contributed by atoms with E-state index in [1.54, 1.807) is 23.0 Å². The predicted octanol–water partition coefficient (Wildman–Crippen LogP) is 1.35. The van der Waals surface area contributed by atoms with Crippen LogP contribution in [0.4, 0.5) is 10.1 Å². The highest BCUT2D eigenvalue weighted by atomic mass is 19.1. The summed E-state index contributed by atoms with van der Waals surface area (Å²) in [5.41, 5.74) is 7.78. The van der Waals surface area contributed by atoms with Crippen LogP contribution in [0.5, 0.6) is 0 Å². The van der Waals surface area contributed by atoms with Gasteiger partial charge >= 0.3 is 0 Å². The minimum Gasteiger partial charge on any atom is -0.399 e. The molecule has 0 fully saturated rings. The van der Waals surface area contributed by atoms with Crippen LogP contribution < -0.4 is 5.73 Å². The van der Waals surface area contributed by atoms with E-state index >= 15 is 0 Å². The average Bonchev–Trinajstić information content (AvgIpc) is 3.04. The highest BCUT2D eigenvalue weighted by Crippen LogP contribution is 2.25. The van der Waals surface area contributed by atoms with Crippen molar-refractivity contribution in [1.29, 1.82) is 0 Å². The molecule has 0 aliphatic carbocycles. The first-order chi connectivity index (χ1) is 10.1. The third kappa shape index (κ3) is 2.24. The molecule has 3 rings (SSSR count). The molecule has 108 valence electrons. The lowest BCUT2D eigenvalue weighted by Gasteiger charge is -2.05. The van der Waals surface area contributed by atoms with Crippen molar-refractivity contribution in [3.8, 4) is 17.1 Å². The van der Waals surface area contributed by atoms with Crippen LogP contribution in [0.15, 0.2) is 24.4 Å². The van der Waals surface area contributed by atoms with Crippen LogP contribution in [-0.4, -0.2) is 30.0 Å². The second-order valence-electron chi connectivity index (χ2n) is 4.64. The SMILES string of the molecule is CCc1nn(C)cc1-n1nnnc1-c1ccc(N)cc1F. The molecule has 0 saturated heterocycles. The molecular formula is C13H14FN7. The van der Waals surface area contributed by atoms with Crippen LogP contribution in [0, 0.1) is 5.82 Å². The molecule has 3 aromatic rings. The Morgan fingerprint density at radius 2 is 2.14 bits per heavy atom. The number of aromatic nitrogens is 6. The summed E-state index contributed by atoms with van der Waals surface area (Å²) in [6, 6.07) is 4.43. The molecule has 0 aliphatic rings. The molecule has 1 aromatic carbocycles. The van der Waals surface area contributed by atoms with Gasteiger partial charge in [-0.1, -0.05) is 6.92 Å². The fourth-order valence-electron chi connectivity index (χ4n) is 2.18. The molecule has 0 amide bonds. The average molecular weight is 287 g/mol. The number of hydrogen-bond acceptors (Lipinski definition) is 5. The van der Waals surface area contributed by atoms with Crippen LogP contribution in [0.1, 0.15) is 12.6 Å². The molecule has 0 atom stereocenters. The second kappa shape index (κ2) is 4.97. The van der Waals surface area contributed by atoms with Crippen LogP contribution >= 0.6 is 0 Å². The number of anilines is 1. The van der Waals surface area contributed by atoms with E-state index in [1.165, 1.54) is 10.7 Å². The van der Waals surface area contributed by atoms with E-state index in [4.69, 9.17) is 5.73 Å². The van der Waals surface area contributed by atoms with E-state index in [-0.39, 0.29) is 0 Å². The molecule has 2 aromatic heterocycles. The summed E-state index contributed by atoms with van der Waals surface area (Å²) in [7, 11) is 1.82. The second-order valence-corrected chi connectivity index (χ2v) is 4.64. The van der Waals surface area contributed by atoms with E-state index in [0.29, 0.717) is 17.1 Å². The molecule has 7 nitrogen and oxygen atoms in total. The third-order valence-electron chi connectivity index (χ3n) is 3.15. The predicted molar refractivity (Wildman–Crippen MR) is 75.1 cm³/mol. The Kier molecular flexibility index (Phi) is 3.13. The van der Waals surface area contributed by atoms with Crippen LogP contribution in [0.2, 0.25) is 0 Å². The van der Waals surface area contributed by atoms with Crippen LogP contribution in [0.25, 0.3) is 17.1 Å². The van der Waals surface area contributed by atoms with E-state index in [0.717, 1.165) is 17.8 Å². The quantitative estimate of drug-likeness (QED) is 0.735. The van der Waals surface area contributed by atoms with E-state index in [2.05, 4.69) is 20.6 Å². The normalized spacial score (nSPS) is 11.0. The first kappa shape index (κ1) is 13.2. The Morgan fingerprint density at radius 1 is 1.33 bits per heavy atom. The van der Waals surface area contributed by atoms with Crippen LogP contribution in [0.3, 0.4) is 0 Å².